The van der Waals surface area contributed by atoms with Gasteiger partial charge in [0.05, 0.1) is 17.7 Å². The summed E-state index contributed by atoms with van der Waals surface area (Å²) >= 11 is 1.42. The average molecular weight is 415 g/mol. The van der Waals surface area contributed by atoms with Crippen LogP contribution in [0.3, 0.4) is 0 Å². The summed E-state index contributed by atoms with van der Waals surface area (Å²) in [5.41, 5.74) is 2.99. The highest BCUT2D eigenvalue weighted by atomic mass is 32.2. The lowest BCUT2D eigenvalue weighted by atomic mass is 10.1. The fourth-order valence-electron chi connectivity index (χ4n) is 3.14. The van der Waals surface area contributed by atoms with Gasteiger partial charge in [0.15, 0.2) is 5.17 Å². The highest BCUT2D eigenvalue weighted by Gasteiger charge is 2.33. The van der Waals surface area contributed by atoms with Crippen LogP contribution in [0.2, 0.25) is 0 Å². The molecule has 1 aliphatic rings. The zero-order valence-electron chi connectivity index (χ0n) is 16.7. The van der Waals surface area contributed by atoms with Crippen molar-refractivity contribution >= 4 is 34.6 Å². The van der Waals surface area contributed by atoms with Crippen LogP contribution in [0.25, 0.3) is 6.08 Å². The van der Waals surface area contributed by atoms with E-state index in [0.717, 1.165) is 23.4 Å². The van der Waals surface area contributed by atoms with Crippen LogP contribution in [0.5, 0.6) is 5.75 Å². The third-order valence-corrected chi connectivity index (χ3v) is 5.76. The van der Waals surface area contributed by atoms with Gasteiger partial charge in [-0.3, -0.25) is 9.69 Å². The molecule has 0 radical (unpaired) electrons. The molecule has 5 heteroatoms. The molecule has 150 valence electrons. The Morgan fingerprint density at radius 1 is 0.933 bits per heavy atom. The molecule has 1 aliphatic heterocycles. The summed E-state index contributed by atoms with van der Waals surface area (Å²) < 4.78 is 5.21. The molecule has 0 saturated carbocycles. The second-order valence-corrected chi connectivity index (χ2v) is 7.82. The van der Waals surface area contributed by atoms with E-state index in [9.17, 15) is 4.79 Å². The molecular formula is C25H22N2O2S. The van der Waals surface area contributed by atoms with Gasteiger partial charge in [0.1, 0.15) is 5.75 Å². The van der Waals surface area contributed by atoms with Crippen molar-refractivity contribution < 1.29 is 9.53 Å². The minimum absolute atomic E-state index is 0.0126. The Morgan fingerprint density at radius 3 is 2.27 bits per heavy atom. The van der Waals surface area contributed by atoms with E-state index < -0.39 is 0 Å². The fraction of sp³-hybridized carbons (Fsp3) is 0.120. The molecule has 0 atom stereocenters. The maximum atomic E-state index is 13.2. The SMILES string of the molecule is COc1ccc(/C=C2/SC(=Nc3ccccc3)N(CCc3ccccc3)C2=O)cc1. The van der Waals surface area contributed by atoms with Gasteiger partial charge in [0.25, 0.3) is 5.91 Å². The number of aliphatic imine (C=N–C) groups is 1. The summed E-state index contributed by atoms with van der Waals surface area (Å²) in [6.07, 6.45) is 2.69. The number of hydrogen-bond acceptors (Lipinski definition) is 4. The van der Waals surface area contributed by atoms with Gasteiger partial charge in [-0.15, -0.1) is 0 Å². The van der Waals surface area contributed by atoms with E-state index in [-0.39, 0.29) is 5.91 Å². The Balaban J connectivity index is 1.61. The molecular weight excluding hydrogens is 392 g/mol. The zero-order valence-corrected chi connectivity index (χ0v) is 17.5. The predicted octanol–water partition coefficient (Wildman–Crippen LogP) is 5.54. The number of amides is 1. The van der Waals surface area contributed by atoms with Crippen LogP contribution in [-0.4, -0.2) is 29.6 Å². The summed E-state index contributed by atoms with van der Waals surface area (Å²) in [5.74, 6) is 0.778. The second-order valence-electron chi connectivity index (χ2n) is 6.81. The van der Waals surface area contributed by atoms with Crippen molar-refractivity contribution in [2.75, 3.05) is 13.7 Å². The van der Waals surface area contributed by atoms with Gasteiger partial charge < -0.3 is 4.74 Å². The molecule has 1 heterocycles. The number of carbonyl (C=O) groups is 1. The minimum atomic E-state index is -0.0126. The van der Waals surface area contributed by atoms with E-state index in [1.807, 2.05) is 78.9 Å². The number of nitrogens with zero attached hydrogens (tertiary/aromatic N) is 2. The summed E-state index contributed by atoms with van der Waals surface area (Å²) in [5, 5.41) is 0.710. The summed E-state index contributed by atoms with van der Waals surface area (Å²) in [4.78, 5) is 20.4. The van der Waals surface area contributed by atoms with Gasteiger partial charge >= 0.3 is 0 Å². The van der Waals surface area contributed by atoms with E-state index in [1.165, 1.54) is 17.3 Å². The molecule has 3 aromatic rings. The van der Waals surface area contributed by atoms with Gasteiger partial charge in [0.2, 0.25) is 0 Å². The maximum absolute atomic E-state index is 13.2. The van der Waals surface area contributed by atoms with E-state index >= 15 is 0 Å². The number of carbonyl (C=O) groups excluding carboxylic acids is 1. The highest BCUT2D eigenvalue weighted by molar-refractivity contribution is 8.18. The van der Waals surface area contributed by atoms with Gasteiger partial charge in [-0.25, -0.2) is 4.99 Å². The first kappa shape index (κ1) is 20.0. The molecule has 4 nitrogen and oxygen atoms in total. The largest absolute Gasteiger partial charge is 0.497 e. The topological polar surface area (TPSA) is 41.9 Å². The van der Waals surface area contributed by atoms with E-state index in [0.29, 0.717) is 16.6 Å². The first-order chi connectivity index (χ1) is 14.7. The number of thioether (sulfide) groups is 1. The monoisotopic (exact) mass is 414 g/mol. The van der Waals surface area contributed by atoms with Crippen molar-refractivity contribution in [3.05, 3.63) is 101 Å². The van der Waals surface area contributed by atoms with Crippen LogP contribution in [-0.2, 0) is 11.2 Å². The van der Waals surface area contributed by atoms with Crippen molar-refractivity contribution in [2.24, 2.45) is 4.99 Å². The zero-order chi connectivity index (χ0) is 20.8. The lowest BCUT2D eigenvalue weighted by Gasteiger charge is -2.15. The van der Waals surface area contributed by atoms with Gasteiger partial charge in [0, 0.05) is 6.54 Å². The second kappa shape index (κ2) is 9.46. The van der Waals surface area contributed by atoms with Crippen molar-refractivity contribution in [3.63, 3.8) is 0 Å². The number of amidine groups is 1. The van der Waals surface area contributed by atoms with Crippen LogP contribution in [0.1, 0.15) is 11.1 Å². The molecule has 1 saturated heterocycles. The fourth-order valence-corrected chi connectivity index (χ4v) is 4.16. The molecule has 30 heavy (non-hydrogen) atoms. The molecule has 1 amide bonds. The lowest BCUT2D eigenvalue weighted by Crippen LogP contribution is -2.31. The highest BCUT2D eigenvalue weighted by Crippen LogP contribution is 2.34. The Bertz CT molecular complexity index is 1060. The minimum Gasteiger partial charge on any atom is -0.497 e. The number of methoxy groups -OCH3 is 1. The normalized spacial score (nSPS) is 16.4. The third kappa shape index (κ3) is 4.81. The van der Waals surface area contributed by atoms with Crippen molar-refractivity contribution in [1.29, 1.82) is 0 Å². The van der Waals surface area contributed by atoms with E-state index in [2.05, 4.69) is 12.1 Å². The number of ether oxygens (including phenoxy) is 1. The molecule has 0 bridgehead atoms. The Hall–Kier alpha value is -3.31. The average Bonchev–Trinajstić information content (AvgIpc) is 3.08. The standard InChI is InChI=1S/C25H22N2O2S/c1-29-22-14-12-20(13-15-22)18-23-24(28)27(17-16-19-8-4-2-5-9-19)25(30-23)26-21-10-6-3-7-11-21/h2-15,18H,16-17H2,1H3/b23-18+,26-25?. The van der Waals surface area contributed by atoms with Crippen LogP contribution < -0.4 is 4.74 Å². The lowest BCUT2D eigenvalue weighted by molar-refractivity contribution is -0.122. The molecule has 0 N–H and O–H groups in total. The summed E-state index contributed by atoms with van der Waals surface area (Å²) in [6, 6.07) is 27.6. The first-order valence-electron chi connectivity index (χ1n) is 9.76. The van der Waals surface area contributed by atoms with E-state index in [1.54, 1.807) is 12.0 Å². The predicted molar refractivity (Wildman–Crippen MR) is 124 cm³/mol. The van der Waals surface area contributed by atoms with E-state index in [4.69, 9.17) is 9.73 Å². The third-order valence-electron chi connectivity index (χ3n) is 4.75. The quantitative estimate of drug-likeness (QED) is 0.497. The van der Waals surface area contributed by atoms with Gasteiger partial charge in [-0.05, 0) is 59.7 Å². The number of rotatable bonds is 6. The number of benzene rings is 3. The van der Waals surface area contributed by atoms with Crippen molar-refractivity contribution in [2.45, 2.75) is 6.42 Å². The molecule has 0 aromatic heterocycles. The Labute approximate surface area is 180 Å². The first-order valence-corrected chi connectivity index (χ1v) is 10.6. The van der Waals surface area contributed by atoms with Crippen LogP contribution >= 0.6 is 11.8 Å². The Kier molecular flexibility index (Phi) is 6.30. The molecule has 0 spiro atoms. The van der Waals surface area contributed by atoms with Crippen LogP contribution in [0.4, 0.5) is 5.69 Å². The maximum Gasteiger partial charge on any atom is 0.266 e. The number of hydrogen-bond donors (Lipinski definition) is 0. The van der Waals surface area contributed by atoms with Crippen LogP contribution in [0, 0.1) is 0 Å². The van der Waals surface area contributed by atoms with Gasteiger partial charge in [-0.1, -0.05) is 60.7 Å². The van der Waals surface area contributed by atoms with Crippen molar-refractivity contribution in [1.82, 2.24) is 4.90 Å². The summed E-state index contributed by atoms with van der Waals surface area (Å²) in [6.45, 7) is 0.585. The molecule has 0 aliphatic carbocycles. The molecule has 3 aromatic carbocycles. The van der Waals surface area contributed by atoms with Crippen molar-refractivity contribution in [3.8, 4) is 5.75 Å². The number of para-hydroxylation sites is 1. The molecule has 1 fully saturated rings. The smallest absolute Gasteiger partial charge is 0.266 e. The Morgan fingerprint density at radius 2 is 1.60 bits per heavy atom. The van der Waals surface area contributed by atoms with Gasteiger partial charge in [-0.2, -0.15) is 0 Å². The molecule has 4 rings (SSSR count). The molecule has 0 unspecified atom stereocenters. The summed E-state index contributed by atoms with van der Waals surface area (Å²) in [7, 11) is 1.64. The van der Waals surface area contributed by atoms with Crippen LogP contribution in [0.15, 0.2) is 94.8 Å².